The minimum Gasteiger partial charge on any atom is -0.365 e. The Bertz CT molecular complexity index is 362. The maximum absolute atomic E-state index is 10.8. The van der Waals surface area contributed by atoms with E-state index in [1.165, 1.54) is 12.4 Å². The zero-order valence-corrected chi connectivity index (χ0v) is 7.95. The standard InChI is InChI=1S/C9H12N4O/c1-6(2)3-12-8-5-11-4-7(13-8)9(10)14/h4-5H,1,3H2,2H3,(H2,10,14)(H,12,13). The van der Waals surface area contributed by atoms with Crippen LogP contribution in [0.1, 0.15) is 17.4 Å². The fourth-order valence-corrected chi connectivity index (χ4v) is 0.811. The van der Waals surface area contributed by atoms with Crippen LogP contribution in [0, 0.1) is 0 Å². The lowest BCUT2D eigenvalue weighted by Gasteiger charge is -2.04. The van der Waals surface area contributed by atoms with E-state index in [0.717, 1.165) is 5.57 Å². The predicted octanol–water partition coefficient (Wildman–Crippen LogP) is 0.564. The largest absolute Gasteiger partial charge is 0.365 e. The molecule has 0 saturated heterocycles. The van der Waals surface area contributed by atoms with E-state index in [2.05, 4.69) is 21.9 Å². The summed E-state index contributed by atoms with van der Waals surface area (Å²) in [6, 6.07) is 0. The Morgan fingerprint density at radius 1 is 1.64 bits per heavy atom. The second-order valence-corrected chi connectivity index (χ2v) is 2.96. The van der Waals surface area contributed by atoms with E-state index in [4.69, 9.17) is 5.73 Å². The highest BCUT2D eigenvalue weighted by Crippen LogP contribution is 2.02. The molecular formula is C9H12N4O. The lowest BCUT2D eigenvalue weighted by Crippen LogP contribution is -2.15. The average molecular weight is 192 g/mol. The van der Waals surface area contributed by atoms with Crippen LogP contribution < -0.4 is 11.1 Å². The molecule has 1 rings (SSSR count). The van der Waals surface area contributed by atoms with Gasteiger partial charge in [0.15, 0.2) is 0 Å². The van der Waals surface area contributed by atoms with Gasteiger partial charge in [0.25, 0.3) is 5.91 Å². The minimum atomic E-state index is -0.587. The van der Waals surface area contributed by atoms with Crippen molar-refractivity contribution in [1.29, 1.82) is 0 Å². The van der Waals surface area contributed by atoms with Crippen LogP contribution in [0.4, 0.5) is 5.82 Å². The van der Waals surface area contributed by atoms with Crippen LogP contribution in [-0.4, -0.2) is 22.4 Å². The van der Waals surface area contributed by atoms with Crippen LogP contribution in [0.2, 0.25) is 0 Å². The van der Waals surface area contributed by atoms with Gasteiger partial charge >= 0.3 is 0 Å². The van der Waals surface area contributed by atoms with Crippen LogP contribution in [0.15, 0.2) is 24.5 Å². The molecule has 0 spiro atoms. The smallest absolute Gasteiger partial charge is 0.268 e. The molecule has 1 heterocycles. The van der Waals surface area contributed by atoms with Gasteiger partial charge in [0.05, 0.1) is 12.4 Å². The summed E-state index contributed by atoms with van der Waals surface area (Å²) in [5, 5.41) is 2.96. The molecule has 5 nitrogen and oxygen atoms in total. The van der Waals surface area contributed by atoms with Gasteiger partial charge in [-0.05, 0) is 6.92 Å². The van der Waals surface area contributed by atoms with E-state index in [1.54, 1.807) is 0 Å². The van der Waals surface area contributed by atoms with E-state index in [1.807, 2.05) is 6.92 Å². The topological polar surface area (TPSA) is 80.9 Å². The number of carbonyl (C=O) groups is 1. The van der Waals surface area contributed by atoms with Crippen molar-refractivity contribution in [3.8, 4) is 0 Å². The maximum Gasteiger partial charge on any atom is 0.268 e. The van der Waals surface area contributed by atoms with Crippen molar-refractivity contribution in [3.63, 3.8) is 0 Å². The van der Waals surface area contributed by atoms with Crippen molar-refractivity contribution < 1.29 is 4.79 Å². The van der Waals surface area contributed by atoms with Gasteiger partial charge in [0.2, 0.25) is 0 Å². The molecule has 3 N–H and O–H groups in total. The molecule has 0 saturated carbocycles. The number of hydrogen-bond acceptors (Lipinski definition) is 4. The van der Waals surface area contributed by atoms with E-state index in [0.29, 0.717) is 12.4 Å². The Balaban J connectivity index is 2.73. The van der Waals surface area contributed by atoms with Gasteiger partial charge in [-0.3, -0.25) is 9.78 Å². The second kappa shape index (κ2) is 4.36. The van der Waals surface area contributed by atoms with Gasteiger partial charge in [0, 0.05) is 6.54 Å². The molecule has 5 heteroatoms. The van der Waals surface area contributed by atoms with Crippen molar-refractivity contribution in [1.82, 2.24) is 9.97 Å². The lowest BCUT2D eigenvalue weighted by molar-refractivity contribution is 0.0995. The van der Waals surface area contributed by atoms with E-state index in [-0.39, 0.29) is 5.69 Å². The number of nitrogens with zero attached hydrogens (tertiary/aromatic N) is 2. The first-order valence-electron chi connectivity index (χ1n) is 4.09. The van der Waals surface area contributed by atoms with Crippen LogP contribution in [-0.2, 0) is 0 Å². The van der Waals surface area contributed by atoms with Crippen molar-refractivity contribution in [2.75, 3.05) is 11.9 Å². The molecule has 14 heavy (non-hydrogen) atoms. The molecule has 0 aromatic carbocycles. The van der Waals surface area contributed by atoms with Gasteiger partial charge in [-0.25, -0.2) is 4.98 Å². The number of rotatable bonds is 4. The maximum atomic E-state index is 10.8. The first-order valence-corrected chi connectivity index (χ1v) is 4.09. The van der Waals surface area contributed by atoms with Crippen molar-refractivity contribution >= 4 is 11.7 Å². The summed E-state index contributed by atoms with van der Waals surface area (Å²) < 4.78 is 0. The molecular weight excluding hydrogens is 180 g/mol. The molecule has 1 aromatic rings. The van der Waals surface area contributed by atoms with Crippen LogP contribution >= 0.6 is 0 Å². The summed E-state index contributed by atoms with van der Waals surface area (Å²) in [5.41, 5.74) is 6.17. The van der Waals surface area contributed by atoms with Crippen molar-refractivity contribution in [2.24, 2.45) is 5.73 Å². The zero-order chi connectivity index (χ0) is 10.6. The van der Waals surface area contributed by atoms with Gasteiger partial charge in [0.1, 0.15) is 11.5 Å². The molecule has 0 radical (unpaired) electrons. The summed E-state index contributed by atoms with van der Waals surface area (Å²) in [6.45, 7) is 6.21. The number of aromatic nitrogens is 2. The zero-order valence-electron chi connectivity index (χ0n) is 7.95. The number of anilines is 1. The summed E-state index contributed by atoms with van der Waals surface area (Å²) >= 11 is 0. The third kappa shape index (κ3) is 2.85. The number of primary amides is 1. The second-order valence-electron chi connectivity index (χ2n) is 2.96. The summed E-state index contributed by atoms with van der Waals surface area (Å²) in [7, 11) is 0. The van der Waals surface area contributed by atoms with Gasteiger partial charge in [-0.15, -0.1) is 0 Å². The summed E-state index contributed by atoms with van der Waals surface area (Å²) in [6.07, 6.45) is 2.85. The Kier molecular flexibility index (Phi) is 3.17. The fraction of sp³-hybridized carbons (Fsp3) is 0.222. The normalized spacial score (nSPS) is 9.50. The van der Waals surface area contributed by atoms with E-state index in [9.17, 15) is 4.79 Å². The Labute approximate surface area is 82.1 Å². The van der Waals surface area contributed by atoms with Gasteiger partial charge in [-0.1, -0.05) is 12.2 Å². The molecule has 0 aliphatic heterocycles. The Morgan fingerprint density at radius 2 is 2.36 bits per heavy atom. The fourth-order valence-electron chi connectivity index (χ4n) is 0.811. The minimum absolute atomic E-state index is 0.150. The molecule has 0 fully saturated rings. The third-order valence-electron chi connectivity index (χ3n) is 1.46. The highest BCUT2D eigenvalue weighted by molar-refractivity contribution is 5.90. The molecule has 1 amide bonds. The first kappa shape index (κ1) is 10.2. The average Bonchev–Trinajstić information content (AvgIpc) is 2.15. The molecule has 0 aliphatic rings. The Morgan fingerprint density at radius 3 is 2.93 bits per heavy atom. The molecule has 0 bridgehead atoms. The molecule has 1 aromatic heterocycles. The van der Waals surface area contributed by atoms with Crippen molar-refractivity contribution in [2.45, 2.75) is 6.92 Å². The lowest BCUT2D eigenvalue weighted by atomic mass is 10.3. The monoisotopic (exact) mass is 192 g/mol. The number of nitrogens with two attached hydrogens (primary N) is 1. The number of hydrogen-bond donors (Lipinski definition) is 2. The van der Waals surface area contributed by atoms with Crippen LogP contribution in [0.5, 0.6) is 0 Å². The molecule has 0 unspecified atom stereocenters. The van der Waals surface area contributed by atoms with Gasteiger partial charge in [-0.2, -0.15) is 0 Å². The summed E-state index contributed by atoms with van der Waals surface area (Å²) in [4.78, 5) is 18.5. The van der Waals surface area contributed by atoms with Crippen LogP contribution in [0.25, 0.3) is 0 Å². The molecule has 74 valence electrons. The SMILES string of the molecule is C=C(C)CNc1cncc(C(N)=O)n1. The first-order chi connectivity index (χ1) is 6.59. The third-order valence-corrected chi connectivity index (χ3v) is 1.46. The van der Waals surface area contributed by atoms with Crippen LogP contribution in [0.3, 0.4) is 0 Å². The van der Waals surface area contributed by atoms with E-state index < -0.39 is 5.91 Å². The van der Waals surface area contributed by atoms with E-state index >= 15 is 0 Å². The highest BCUT2D eigenvalue weighted by Gasteiger charge is 2.03. The van der Waals surface area contributed by atoms with Gasteiger partial charge < -0.3 is 11.1 Å². The Hall–Kier alpha value is -1.91. The number of carbonyl (C=O) groups excluding carboxylic acids is 1. The van der Waals surface area contributed by atoms with Crippen molar-refractivity contribution in [3.05, 3.63) is 30.2 Å². The predicted molar refractivity (Wildman–Crippen MR) is 53.9 cm³/mol. The molecule has 0 aliphatic carbocycles. The highest BCUT2D eigenvalue weighted by atomic mass is 16.1. The quantitative estimate of drug-likeness (QED) is 0.683. The number of nitrogens with one attached hydrogen (secondary N) is 1. The summed E-state index contributed by atoms with van der Waals surface area (Å²) in [5.74, 6) is -0.0687. The number of amides is 1. The molecule has 0 atom stereocenters.